The quantitative estimate of drug-likeness (QED) is 0.880. The molecule has 1 aromatic heterocycles. The Morgan fingerprint density at radius 3 is 2.41 bits per heavy atom. The van der Waals surface area contributed by atoms with Crippen molar-refractivity contribution in [3.05, 3.63) is 16.3 Å². The largest absolute Gasteiger partial charge is 0.396 e. The fourth-order valence-corrected chi connectivity index (χ4v) is 1.87. The van der Waals surface area contributed by atoms with Gasteiger partial charge in [-0.1, -0.05) is 11.6 Å². The molecular formula is C12H20ClN3O. The van der Waals surface area contributed by atoms with E-state index in [-0.39, 0.29) is 6.61 Å². The van der Waals surface area contributed by atoms with Crippen molar-refractivity contribution in [1.29, 1.82) is 0 Å². The fourth-order valence-electron chi connectivity index (χ4n) is 1.69. The Kier molecular flexibility index (Phi) is 5.15. The van der Waals surface area contributed by atoms with Crippen molar-refractivity contribution in [2.75, 3.05) is 18.1 Å². The van der Waals surface area contributed by atoms with Crippen molar-refractivity contribution < 1.29 is 5.11 Å². The van der Waals surface area contributed by atoms with Crippen molar-refractivity contribution in [3.63, 3.8) is 0 Å². The van der Waals surface area contributed by atoms with Crippen molar-refractivity contribution in [2.24, 2.45) is 0 Å². The summed E-state index contributed by atoms with van der Waals surface area (Å²) in [5.74, 6) is 0.857. The van der Waals surface area contributed by atoms with Gasteiger partial charge in [-0.05, 0) is 45.2 Å². The van der Waals surface area contributed by atoms with Crippen LogP contribution in [-0.2, 0) is 0 Å². The second-order valence-corrected chi connectivity index (χ2v) is 4.79. The standard InChI is InChI=1S/C12H20ClN3O/c1-8(2)16(6-5-7-17)12-10(4)9(3)11(13)14-15-12/h8,17H,5-7H2,1-4H3. The first-order valence-corrected chi connectivity index (χ1v) is 6.23. The zero-order chi connectivity index (χ0) is 13.0. The Morgan fingerprint density at radius 1 is 1.24 bits per heavy atom. The molecule has 5 heteroatoms. The lowest BCUT2D eigenvalue weighted by Crippen LogP contribution is -2.34. The molecule has 1 N–H and O–H groups in total. The molecule has 0 saturated heterocycles. The van der Waals surface area contributed by atoms with Gasteiger partial charge >= 0.3 is 0 Å². The smallest absolute Gasteiger partial charge is 0.155 e. The minimum Gasteiger partial charge on any atom is -0.396 e. The van der Waals surface area contributed by atoms with Gasteiger partial charge in [-0.15, -0.1) is 10.2 Å². The van der Waals surface area contributed by atoms with E-state index < -0.39 is 0 Å². The van der Waals surface area contributed by atoms with Gasteiger partial charge in [0.1, 0.15) is 0 Å². The number of nitrogens with zero attached hydrogens (tertiary/aromatic N) is 3. The number of aromatic nitrogens is 2. The van der Waals surface area contributed by atoms with Crippen LogP contribution >= 0.6 is 11.6 Å². The van der Waals surface area contributed by atoms with Gasteiger partial charge in [-0.2, -0.15) is 0 Å². The lowest BCUT2D eigenvalue weighted by Gasteiger charge is -2.29. The lowest BCUT2D eigenvalue weighted by molar-refractivity contribution is 0.288. The maximum atomic E-state index is 8.93. The third-order valence-electron chi connectivity index (χ3n) is 2.89. The maximum absolute atomic E-state index is 8.93. The normalized spacial score (nSPS) is 11.0. The Balaban J connectivity index is 3.06. The zero-order valence-corrected chi connectivity index (χ0v) is 11.6. The zero-order valence-electron chi connectivity index (χ0n) is 10.9. The monoisotopic (exact) mass is 257 g/mol. The number of rotatable bonds is 5. The van der Waals surface area contributed by atoms with Gasteiger partial charge in [0.2, 0.25) is 0 Å². The molecule has 0 amide bonds. The molecular weight excluding hydrogens is 238 g/mol. The molecule has 4 nitrogen and oxygen atoms in total. The van der Waals surface area contributed by atoms with Crippen LogP contribution in [0.4, 0.5) is 5.82 Å². The van der Waals surface area contributed by atoms with Gasteiger partial charge in [0.25, 0.3) is 0 Å². The summed E-state index contributed by atoms with van der Waals surface area (Å²) in [6.07, 6.45) is 0.723. The van der Waals surface area contributed by atoms with Gasteiger partial charge in [-0.3, -0.25) is 0 Å². The molecule has 0 aliphatic carbocycles. The lowest BCUT2D eigenvalue weighted by atomic mass is 10.1. The number of halogens is 1. The van der Waals surface area contributed by atoms with Crippen LogP contribution in [0.15, 0.2) is 0 Å². The summed E-state index contributed by atoms with van der Waals surface area (Å²) in [5, 5.41) is 17.5. The van der Waals surface area contributed by atoms with E-state index >= 15 is 0 Å². The minimum atomic E-state index is 0.183. The number of aliphatic hydroxyl groups is 1. The van der Waals surface area contributed by atoms with Crippen LogP contribution < -0.4 is 4.90 Å². The molecule has 0 spiro atoms. The van der Waals surface area contributed by atoms with Crippen molar-refractivity contribution in [2.45, 2.75) is 40.2 Å². The van der Waals surface area contributed by atoms with E-state index in [1.54, 1.807) is 0 Å². The fraction of sp³-hybridized carbons (Fsp3) is 0.667. The summed E-state index contributed by atoms with van der Waals surface area (Å²) in [5.41, 5.74) is 2.02. The summed E-state index contributed by atoms with van der Waals surface area (Å²) >= 11 is 5.94. The predicted molar refractivity (Wildman–Crippen MR) is 70.7 cm³/mol. The van der Waals surface area contributed by atoms with E-state index in [0.29, 0.717) is 11.2 Å². The van der Waals surface area contributed by atoms with Crippen LogP contribution in [0.25, 0.3) is 0 Å². The highest BCUT2D eigenvalue weighted by molar-refractivity contribution is 6.30. The van der Waals surface area contributed by atoms with E-state index in [0.717, 1.165) is 29.9 Å². The van der Waals surface area contributed by atoms with Gasteiger partial charge in [0, 0.05) is 19.2 Å². The average Bonchev–Trinajstić information content (AvgIpc) is 2.28. The van der Waals surface area contributed by atoms with E-state index in [1.165, 1.54) is 0 Å². The molecule has 1 rings (SSSR count). The molecule has 0 aliphatic heterocycles. The van der Waals surface area contributed by atoms with E-state index in [4.69, 9.17) is 16.7 Å². The number of anilines is 1. The first kappa shape index (κ1) is 14.2. The molecule has 0 fully saturated rings. The van der Waals surface area contributed by atoms with Crippen LogP contribution in [0, 0.1) is 13.8 Å². The molecule has 17 heavy (non-hydrogen) atoms. The summed E-state index contributed by atoms with van der Waals surface area (Å²) in [7, 11) is 0. The Morgan fingerprint density at radius 2 is 1.88 bits per heavy atom. The van der Waals surface area contributed by atoms with Gasteiger partial charge in [0.05, 0.1) is 0 Å². The third kappa shape index (κ3) is 3.30. The second kappa shape index (κ2) is 6.17. The molecule has 0 bridgehead atoms. The SMILES string of the molecule is Cc1c(Cl)nnc(N(CCCO)C(C)C)c1C. The first-order chi connectivity index (χ1) is 7.99. The van der Waals surface area contributed by atoms with E-state index in [9.17, 15) is 0 Å². The first-order valence-electron chi connectivity index (χ1n) is 5.86. The highest BCUT2D eigenvalue weighted by Gasteiger charge is 2.17. The van der Waals surface area contributed by atoms with Crippen LogP contribution in [0.2, 0.25) is 5.15 Å². The third-order valence-corrected chi connectivity index (χ3v) is 3.25. The van der Waals surface area contributed by atoms with Crippen molar-refractivity contribution >= 4 is 17.4 Å². The topological polar surface area (TPSA) is 49.2 Å². The molecule has 0 radical (unpaired) electrons. The average molecular weight is 258 g/mol. The van der Waals surface area contributed by atoms with Crippen LogP contribution in [0.5, 0.6) is 0 Å². The summed E-state index contributed by atoms with van der Waals surface area (Å²) in [6, 6.07) is 0.315. The molecule has 96 valence electrons. The molecule has 0 atom stereocenters. The maximum Gasteiger partial charge on any atom is 0.155 e. The Hall–Kier alpha value is -0.870. The summed E-state index contributed by atoms with van der Waals surface area (Å²) in [6.45, 7) is 9.10. The molecule has 1 heterocycles. The molecule has 0 unspecified atom stereocenters. The Bertz CT molecular complexity index is 382. The van der Waals surface area contributed by atoms with E-state index in [2.05, 4.69) is 28.9 Å². The van der Waals surface area contributed by atoms with Crippen LogP contribution in [0.3, 0.4) is 0 Å². The van der Waals surface area contributed by atoms with Gasteiger partial charge in [0.15, 0.2) is 11.0 Å². The summed E-state index contributed by atoms with van der Waals surface area (Å²) < 4.78 is 0. The van der Waals surface area contributed by atoms with Crippen LogP contribution in [-0.4, -0.2) is 34.5 Å². The molecule has 1 aromatic rings. The van der Waals surface area contributed by atoms with E-state index in [1.807, 2.05) is 13.8 Å². The van der Waals surface area contributed by atoms with Crippen molar-refractivity contribution in [1.82, 2.24) is 10.2 Å². The molecule has 0 aliphatic rings. The second-order valence-electron chi connectivity index (χ2n) is 4.43. The van der Waals surface area contributed by atoms with Crippen molar-refractivity contribution in [3.8, 4) is 0 Å². The number of aliphatic hydroxyl groups excluding tert-OH is 1. The highest BCUT2D eigenvalue weighted by Crippen LogP contribution is 2.25. The highest BCUT2D eigenvalue weighted by atomic mass is 35.5. The molecule has 0 saturated carbocycles. The Labute approximate surface area is 108 Å². The van der Waals surface area contributed by atoms with Crippen LogP contribution in [0.1, 0.15) is 31.4 Å². The summed E-state index contributed by atoms with van der Waals surface area (Å²) in [4.78, 5) is 2.14. The molecule has 0 aromatic carbocycles. The van der Waals surface area contributed by atoms with Gasteiger partial charge in [-0.25, -0.2) is 0 Å². The minimum absolute atomic E-state index is 0.183. The van der Waals surface area contributed by atoms with Gasteiger partial charge < -0.3 is 10.0 Å². The predicted octanol–water partition coefficient (Wildman–Crippen LogP) is 2.34. The number of hydrogen-bond acceptors (Lipinski definition) is 4. The number of hydrogen-bond donors (Lipinski definition) is 1.